The topological polar surface area (TPSA) is 49.2 Å². The van der Waals surface area contributed by atoms with Crippen LogP contribution >= 0.6 is 27.5 Å². The highest BCUT2D eigenvalue weighted by Crippen LogP contribution is 2.31. The maximum absolute atomic E-state index is 10.0. The maximum atomic E-state index is 10.0. The van der Waals surface area contributed by atoms with Gasteiger partial charge in [-0.25, -0.2) is 9.97 Å². The highest BCUT2D eigenvalue weighted by Gasteiger charge is 2.26. The van der Waals surface area contributed by atoms with Crippen LogP contribution in [0.1, 0.15) is 26.2 Å². The van der Waals surface area contributed by atoms with Crippen LogP contribution in [0.4, 0.5) is 5.82 Å². The Bertz CT molecular complexity index is 414. The summed E-state index contributed by atoms with van der Waals surface area (Å²) in [7, 11) is 0. The molecule has 0 aliphatic carbocycles. The summed E-state index contributed by atoms with van der Waals surface area (Å²) in [4.78, 5) is 10.3. The van der Waals surface area contributed by atoms with Crippen LogP contribution in [-0.4, -0.2) is 33.8 Å². The first-order chi connectivity index (χ1) is 7.99. The van der Waals surface area contributed by atoms with E-state index >= 15 is 0 Å². The highest BCUT2D eigenvalue weighted by molar-refractivity contribution is 9.10. The molecule has 17 heavy (non-hydrogen) atoms. The van der Waals surface area contributed by atoms with Crippen molar-refractivity contribution < 1.29 is 5.11 Å². The smallest absolute Gasteiger partial charge is 0.148 e. The zero-order valence-corrected chi connectivity index (χ0v) is 12.0. The van der Waals surface area contributed by atoms with E-state index in [1.54, 1.807) is 0 Å². The van der Waals surface area contributed by atoms with Gasteiger partial charge in [0.2, 0.25) is 0 Å². The quantitative estimate of drug-likeness (QED) is 0.808. The Balaban J connectivity index is 2.20. The normalized spacial score (nSPS) is 25.8. The second-order valence-electron chi connectivity index (χ2n) is 4.64. The molecule has 0 bridgehead atoms. The molecule has 6 heteroatoms. The molecule has 1 unspecified atom stereocenters. The van der Waals surface area contributed by atoms with Gasteiger partial charge in [-0.05, 0) is 42.1 Å². The van der Waals surface area contributed by atoms with Crippen molar-refractivity contribution in [1.29, 1.82) is 0 Å². The third kappa shape index (κ3) is 3.09. The van der Waals surface area contributed by atoms with Crippen molar-refractivity contribution in [2.45, 2.75) is 31.8 Å². The summed E-state index contributed by atoms with van der Waals surface area (Å²) in [5, 5.41) is 10.5. The molecule has 1 aliphatic heterocycles. The molecule has 1 atom stereocenters. The average Bonchev–Trinajstić information content (AvgIpc) is 2.44. The molecule has 1 aromatic rings. The van der Waals surface area contributed by atoms with Crippen LogP contribution in [0.3, 0.4) is 0 Å². The van der Waals surface area contributed by atoms with E-state index in [1.807, 2.05) is 6.92 Å². The molecule has 1 saturated heterocycles. The van der Waals surface area contributed by atoms with Crippen LogP contribution in [0.25, 0.3) is 0 Å². The lowest BCUT2D eigenvalue weighted by Crippen LogP contribution is -2.29. The second-order valence-corrected chi connectivity index (χ2v) is 5.79. The van der Waals surface area contributed by atoms with Gasteiger partial charge < -0.3 is 10.0 Å². The van der Waals surface area contributed by atoms with Gasteiger partial charge in [0.1, 0.15) is 17.3 Å². The van der Waals surface area contributed by atoms with E-state index in [0.717, 1.165) is 42.6 Å². The molecule has 0 aromatic carbocycles. The number of anilines is 1. The van der Waals surface area contributed by atoms with Crippen LogP contribution < -0.4 is 4.90 Å². The van der Waals surface area contributed by atoms with Crippen molar-refractivity contribution in [2.24, 2.45) is 0 Å². The summed E-state index contributed by atoms with van der Waals surface area (Å²) in [6.45, 7) is 3.54. The van der Waals surface area contributed by atoms with Crippen molar-refractivity contribution in [2.75, 3.05) is 18.0 Å². The monoisotopic (exact) mass is 319 g/mol. The number of halogens is 2. The average molecular weight is 321 g/mol. The Morgan fingerprint density at radius 1 is 1.41 bits per heavy atom. The molecule has 0 radical (unpaired) electrons. The minimum atomic E-state index is -0.571. The summed E-state index contributed by atoms with van der Waals surface area (Å²) in [6.07, 6.45) is 3.97. The Morgan fingerprint density at radius 3 is 2.94 bits per heavy atom. The van der Waals surface area contributed by atoms with E-state index in [2.05, 4.69) is 30.8 Å². The van der Waals surface area contributed by atoms with Gasteiger partial charge >= 0.3 is 0 Å². The zero-order valence-electron chi connectivity index (χ0n) is 9.66. The van der Waals surface area contributed by atoms with Crippen molar-refractivity contribution in [3.05, 3.63) is 16.0 Å². The fourth-order valence-electron chi connectivity index (χ4n) is 2.04. The van der Waals surface area contributed by atoms with Crippen molar-refractivity contribution in [3.8, 4) is 0 Å². The molecular weight excluding hydrogens is 305 g/mol. The molecule has 0 amide bonds. The number of rotatable bonds is 1. The Morgan fingerprint density at radius 2 is 2.18 bits per heavy atom. The van der Waals surface area contributed by atoms with Crippen molar-refractivity contribution in [1.82, 2.24) is 9.97 Å². The summed E-state index contributed by atoms with van der Waals surface area (Å²) in [6, 6.07) is 0. The van der Waals surface area contributed by atoms with Gasteiger partial charge in [-0.2, -0.15) is 0 Å². The molecular formula is C11H15BrClN3O. The molecule has 1 aliphatic rings. The van der Waals surface area contributed by atoms with Crippen LogP contribution in [0, 0.1) is 0 Å². The van der Waals surface area contributed by atoms with Crippen molar-refractivity contribution in [3.63, 3.8) is 0 Å². The fraction of sp³-hybridized carbons (Fsp3) is 0.636. The van der Waals surface area contributed by atoms with Gasteiger partial charge in [-0.15, -0.1) is 0 Å². The SMILES string of the molecule is CC1(O)CCCN(c2ncnc(Cl)c2Br)CC1. The predicted octanol–water partition coefficient (Wildman–Crippen LogP) is 2.63. The Hall–Kier alpha value is -0.390. The van der Waals surface area contributed by atoms with Crippen LogP contribution in [0.2, 0.25) is 5.15 Å². The van der Waals surface area contributed by atoms with E-state index in [4.69, 9.17) is 11.6 Å². The maximum Gasteiger partial charge on any atom is 0.148 e. The van der Waals surface area contributed by atoms with Gasteiger partial charge in [0.25, 0.3) is 0 Å². The summed E-state index contributed by atoms with van der Waals surface area (Å²) < 4.78 is 0.725. The Labute approximate surface area is 114 Å². The minimum absolute atomic E-state index is 0.422. The number of aliphatic hydroxyl groups is 1. The standard InChI is InChI=1S/C11H15BrClN3O/c1-11(17)3-2-5-16(6-4-11)10-8(12)9(13)14-7-15-10/h7,17H,2-6H2,1H3. The summed E-state index contributed by atoms with van der Waals surface area (Å²) in [5.74, 6) is 0.808. The van der Waals surface area contributed by atoms with E-state index < -0.39 is 5.60 Å². The molecule has 1 fully saturated rings. The van der Waals surface area contributed by atoms with Crippen LogP contribution in [-0.2, 0) is 0 Å². The van der Waals surface area contributed by atoms with E-state index in [1.165, 1.54) is 6.33 Å². The molecule has 94 valence electrons. The number of nitrogens with zero attached hydrogens (tertiary/aromatic N) is 3. The molecule has 0 spiro atoms. The molecule has 2 rings (SSSR count). The number of hydrogen-bond donors (Lipinski definition) is 1. The van der Waals surface area contributed by atoms with Crippen LogP contribution in [0.5, 0.6) is 0 Å². The first-order valence-electron chi connectivity index (χ1n) is 5.63. The van der Waals surface area contributed by atoms with E-state index in [9.17, 15) is 5.11 Å². The van der Waals surface area contributed by atoms with E-state index in [0.29, 0.717) is 5.15 Å². The second kappa shape index (κ2) is 5.08. The lowest BCUT2D eigenvalue weighted by molar-refractivity contribution is 0.0481. The molecule has 0 saturated carbocycles. The van der Waals surface area contributed by atoms with Gasteiger partial charge in [0.05, 0.1) is 10.1 Å². The molecule has 1 aromatic heterocycles. The van der Waals surface area contributed by atoms with E-state index in [-0.39, 0.29) is 0 Å². The summed E-state index contributed by atoms with van der Waals surface area (Å²) in [5.41, 5.74) is -0.571. The Kier molecular flexibility index (Phi) is 3.90. The van der Waals surface area contributed by atoms with Gasteiger partial charge in [0.15, 0.2) is 0 Å². The third-order valence-corrected chi connectivity index (χ3v) is 4.34. The number of aromatic nitrogens is 2. The zero-order chi connectivity index (χ0) is 12.5. The molecule has 1 N–H and O–H groups in total. The molecule has 4 nitrogen and oxygen atoms in total. The fourth-order valence-corrected chi connectivity index (χ4v) is 2.62. The van der Waals surface area contributed by atoms with Gasteiger partial charge in [-0.1, -0.05) is 11.6 Å². The van der Waals surface area contributed by atoms with Crippen molar-refractivity contribution >= 4 is 33.3 Å². The first kappa shape index (κ1) is 13.1. The first-order valence-corrected chi connectivity index (χ1v) is 6.80. The van der Waals surface area contributed by atoms with Crippen LogP contribution in [0.15, 0.2) is 10.8 Å². The summed E-state index contributed by atoms with van der Waals surface area (Å²) >= 11 is 9.36. The third-order valence-electron chi connectivity index (χ3n) is 3.09. The largest absolute Gasteiger partial charge is 0.390 e. The van der Waals surface area contributed by atoms with Gasteiger partial charge in [0, 0.05) is 13.1 Å². The highest BCUT2D eigenvalue weighted by atomic mass is 79.9. The predicted molar refractivity (Wildman–Crippen MR) is 71.4 cm³/mol. The number of hydrogen-bond acceptors (Lipinski definition) is 4. The lowest BCUT2D eigenvalue weighted by Gasteiger charge is -2.24. The lowest BCUT2D eigenvalue weighted by atomic mass is 9.98. The molecule has 2 heterocycles. The minimum Gasteiger partial charge on any atom is -0.390 e. The van der Waals surface area contributed by atoms with Gasteiger partial charge in [-0.3, -0.25) is 0 Å².